The van der Waals surface area contributed by atoms with E-state index < -0.39 is 0 Å². The molecule has 4 rings (SSSR count). The SMILES string of the molecule is Cc1ccc([C@@H]2CCCN(C)C2)cc1.Nc1ccc([C@@H]2CCCNC2)cc1. The number of benzene rings is 2. The lowest BCUT2D eigenvalue weighted by Crippen LogP contribution is -2.30. The van der Waals surface area contributed by atoms with E-state index >= 15 is 0 Å². The minimum absolute atomic E-state index is 0.689. The van der Waals surface area contributed by atoms with Gasteiger partial charge in [-0.1, -0.05) is 42.0 Å². The largest absolute Gasteiger partial charge is 0.399 e. The third-order valence-corrected chi connectivity index (χ3v) is 5.88. The normalized spacial score (nSPS) is 23.3. The van der Waals surface area contributed by atoms with Crippen molar-refractivity contribution in [2.45, 2.75) is 44.4 Å². The van der Waals surface area contributed by atoms with Gasteiger partial charge in [-0.2, -0.15) is 0 Å². The lowest BCUT2D eigenvalue weighted by Gasteiger charge is -2.29. The van der Waals surface area contributed by atoms with Gasteiger partial charge in [-0.15, -0.1) is 0 Å². The standard InChI is InChI=1S/C13H19N.C11H16N2/c1-11-5-7-12(8-6-11)13-4-3-9-14(2)10-13;12-11-5-3-9(4-6-11)10-2-1-7-13-8-10/h5-8,13H,3-4,9-10H2,1-2H3;3-6,10,13H,1-2,7-8,12H2/t13-;10-/m11/s1. The van der Waals surface area contributed by atoms with Gasteiger partial charge < -0.3 is 16.0 Å². The van der Waals surface area contributed by atoms with Gasteiger partial charge in [0.25, 0.3) is 0 Å². The van der Waals surface area contributed by atoms with Crippen LogP contribution in [-0.2, 0) is 0 Å². The zero-order valence-corrected chi connectivity index (χ0v) is 17.0. The third kappa shape index (κ3) is 6.08. The van der Waals surface area contributed by atoms with Crippen molar-refractivity contribution in [3.63, 3.8) is 0 Å². The maximum atomic E-state index is 5.64. The summed E-state index contributed by atoms with van der Waals surface area (Å²) in [5.74, 6) is 1.45. The zero-order valence-electron chi connectivity index (χ0n) is 17.0. The molecule has 0 aromatic heterocycles. The molecular weight excluding hydrogens is 330 g/mol. The highest BCUT2D eigenvalue weighted by Gasteiger charge is 2.18. The lowest BCUT2D eigenvalue weighted by atomic mass is 9.90. The molecule has 0 aliphatic carbocycles. The number of nitrogen functional groups attached to an aromatic ring is 1. The molecule has 2 fully saturated rings. The van der Waals surface area contributed by atoms with Crippen LogP contribution >= 0.6 is 0 Å². The van der Waals surface area contributed by atoms with Crippen molar-refractivity contribution >= 4 is 5.69 Å². The van der Waals surface area contributed by atoms with Crippen LogP contribution in [0.1, 0.15) is 54.2 Å². The first-order valence-electron chi connectivity index (χ1n) is 10.4. The highest BCUT2D eigenvalue weighted by Crippen LogP contribution is 2.26. The van der Waals surface area contributed by atoms with Crippen molar-refractivity contribution in [1.29, 1.82) is 0 Å². The number of rotatable bonds is 2. The van der Waals surface area contributed by atoms with Gasteiger partial charge in [0.2, 0.25) is 0 Å². The van der Waals surface area contributed by atoms with Gasteiger partial charge in [0.15, 0.2) is 0 Å². The van der Waals surface area contributed by atoms with Crippen molar-refractivity contribution in [2.24, 2.45) is 0 Å². The predicted molar refractivity (Wildman–Crippen MR) is 116 cm³/mol. The maximum absolute atomic E-state index is 5.64. The van der Waals surface area contributed by atoms with Gasteiger partial charge in [0, 0.05) is 18.8 Å². The highest BCUT2D eigenvalue weighted by atomic mass is 15.1. The first-order chi connectivity index (χ1) is 13.1. The van der Waals surface area contributed by atoms with Crippen LogP contribution < -0.4 is 11.1 Å². The van der Waals surface area contributed by atoms with Gasteiger partial charge in [-0.05, 0) is 87.8 Å². The molecule has 0 bridgehead atoms. The number of aryl methyl sites for hydroxylation is 1. The summed E-state index contributed by atoms with van der Waals surface area (Å²) in [5, 5.41) is 3.42. The smallest absolute Gasteiger partial charge is 0.0314 e. The van der Waals surface area contributed by atoms with Gasteiger partial charge >= 0.3 is 0 Å². The van der Waals surface area contributed by atoms with Crippen LogP contribution in [0.2, 0.25) is 0 Å². The van der Waals surface area contributed by atoms with E-state index in [9.17, 15) is 0 Å². The second-order valence-electron chi connectivity index (χ2n) is 8.22. The Morgan fingerprint density at radius 1 is 0.889 bits per heavy atom. The van der Waals surface area contributed by atoms with Crippen molar-refractivity contribution in [1.82, 2.24) is 10.2 Å². The Kier molecular flexibility index (Phi) is 7.31. The van der Waals surface area contributed by atoms with E-state index in [1.54, 1.807) is 0 Å². The molecule has 0 spiro atoms. The Morgan fingerprint density at radius 2 is 1.52 bits per heavy atom. The van der Waals surface area contributed by atoms with Crippen LogP contribution in [0.3, 0.4) is 0 Å². The number of likely N-dealkylation sites (tertiary alicyclic amines) is 1. The average molecular weight is 366 g/mol. The number of anilines is 1. The average Bonchev–Trinajstić information content (AvgIpc) is 2.70. The number of piperidine rings is 2. The minimum Gasteiger partial charge on any atom is -0.399 e. The Bertz CT molecular complexity index is 672. The number of nitrogens with two attached hydrogens (primary N) is 1. The molecule has 3 heteroatoms. The topological polar surface area (TPSA) is 41.3 Å². The molecular formula is C24H35N3. The number of nitrogens with zero attached hydrogens (tertiary/aromatic N) is 1. The molecule has 0 amide bonds. The van der Waals surface area contributed by atoms with Crippen LogP contribution in [0, 0.1) is 6.92 Å². The molecule has 2 atom stereocenters. The molecule has 0 saturated carbocycles. The first kappa shape index (κ1) is 19.9. The van der Waals surface area contributed by atoms with Gasteiger partial charge in [0.1, 0.15) is 0 Å². The van der Waals surface area contributed by atoms with Crippen molar-refractivity contribution in [2.75, 3.05) is 39.0 Å². The number of hydrogen-bond acceptors (Lipinski definition) is 3. The van der Waals surface area contributed by atoms with E-state index in [0.717, 1.165) is 18.2 Å². The van der Waals surface area contributed by atoms with Gasteiger partial charge in [-0.25, -0.2) is 0 Å². The molecule has 2 aliphatic rings. The van der Waals surface area contributed by atoms with E-state index in [4.69, 9.17) is 5.73 Å². The molecule has 3 nitrogen and oxygen atoms in total. The number of nitrogens with one attached hydrogen (secondary N) is 1. The molecule has 2 heterocycles. The quantitative estimate of drug-likeness (QED) is 0.768. The molecule has 2 aromatic rings. The summed E-state index contributed by atoms with van der Waals surface area (Å²) < 4.78 is 0. The Labute approximate surface area is 165 Å². The van der Waals surface area contributed by atoms with Gasteiger partial charge in [0.05, 0.1) is 0 Å². The van der Waals surface area contributed by atoms with Crippen molar-refractivity contribution < 1.29 is 0 Å². The summed E-state index contributed by atoms with van der Waals surface area (Å²) in [6, 6.07) is 17.3. The Balaban J connectivity index is 0.000000156. The third-order valence-electron chi connectivity index (χ3n) is 5.88. The summed E-state index contributed by atoms with van der Waals surface area (Å²) in [6.45, 7) is 6.93. The van der Waals surface area contributed by atoms with E-state index in [2.05, 4.69) is 60.6 Å². The Hall–Kier alpha value is -1.84. The van der Waals surface area contributed by atoms with Crippen molar-refractivity contribution in [3.8, 4) is 0 Å². The lowest BCUT2D eigenvalue weighted by molar-refractivity contribution is 0.251. The highest BCUT2D eigenvalue weighted by molar-refractivity contribution is 5.40. The first-order valence-corrected chi connectivity index (χ1v) is 10.4. The van der Waals surface area contributed by atoms with Crippen LogP contribution in [0.5, 0.6) is 0 Å². The fourth-order valence-corrected chi connectivity index (χ4v) is 4.18. The molecule has 2 saturated heterocycles. The Morgan fingerprint density at radius 3 is 2.15 bits per heavy atom. The maximum Gasteiger partial charge on any atom is 0.0314 e. The van der Waals surface area contributed by atoms with E-state index in [1.807, 2.05) is 12.1 Å². The minimum atomic E-state index is 0.689. The van der Waals surface area contributed by atoms with Crippen LogP contribution in [-0.4, -0.2) is 38.1 Å². The molecule has 0 unspecified atom stereocenters. The summed E-state index contributed by atoms with van der Waals surface area (Å²) in [5.41, 5.74) is 10.8. The molecule has 2 aliphatic heterocycles. The van der Waals surface area contributed by atoms with E-state index in [0.29, 0.717) is 5.92 Å². The predicted octanol–water partition coefficient (Wildman–Crippen LogP) is 4.54. The summed E-state index contributed by atoms with van der Waals surface area (Å²) in [4.78, 5) is 2.44. The van der Waals surface area contributed by atoms with Crippen LogP contribution in [0.25, 0.3) is 0 Å². The monoisotopic (exact) mass is 365 g/mol. The molecule has 2 aromatic carbocycles. The van der Waals surface area contributed by atoms with Crippen LogP contribution in [0.4, 0.5) is 5.69 Å². The molecule has 0 radical (unpaired) electrons. The number of hydrogen-bond donors (Lipinski definition) is 2. The second kappa shape index (κ2) is 9.91. The van der Waals surface area contributed by atoms with E-state index in [1.165, 1.54) is 62.0 Å². The second-order valence-corrected chi connectivity index (χ2v) is 8.22. The fraction of sp³-hybridized carbons (Fsp3) is 0.500. The fourth-order valence-electron chi connectivity index (χ4n) is 4.18. The van der Waals surface area contributed by atoms with Gasteiger partial charge in [-0.3, -0.25) is 0 Å². The molecule has 27 heavy (non-hydrogen) atoms. The van der Waals surface area contributed by atoms with Crippen molar-refractivity contribution in [3.05, 3.63) is 65.2 Å². The summed E-state index contributed by atoms with van der Waals surface area (Å²) >= 11 is 0. The summed E-state index contributed by atoms with van der Waals surface area (Å²) in [6.07, 6.45) is 5.29. The number of likely N-dealkylation sites (N-methyl/N-ethyl adjacent to an activating group) is 1. The van der Waals surface area contributed by atoms with E-state index in [-0.39, 0.29) is 0 Å². The summed E-state index contributed by atoms with van der Waals surface area (Å²) in [7, 11) is 2.22. The van der Waals surface area contributed by atoms with Crippen LogP contribution in [0.15, 0.2) is 48.5 Å². The molecule has 3 N–H and O–H groups in total. The molecule has 146 valence electrons. The zero-order chi connectivity index (χ0) is 19.1.